The molecule has 3 rings (SSSR count). The second-order valence-electron chi connectivity index (χ2n) is 9.03. The van der Waals surface area contributed by atoms with E-state index in [1.165, 1.54) is 0 Å². The fourth-order valence-electron chi connectivity index (χ4n) is 3.34. The molecular formula is C21H29N4O2+2. The first kappa shape index (κ1) is 19.3. The smallest absolute Gasteiger partial charge is 0.317 e. The highest BCUT2D eigenvalue weighted by Crippen LogP contribution is 2.38. The quantitative estimate of drug-likeness (QED) is 0.474. The van der Waals surface area contributed by atoms with E-state index in [1.807, 2.05) is 81.1 Å². The van der Waals surface area contributed by atoms with E-state index in [9.17, 15) is 10.4 Å². The number of hydroxylamine groups is 3. The summed E-state index contributed by atoms with van der Waals surface area (Å²) in [5.74, 6) is 0.163. The lowest BCUT2D eigenvalue weighted by molar-refractivity contribution is -0.595. The lowest BCUT2D eigenvalue weighted by Crippen LogP contribution is -2.53. The second kappa shape index (κ2) is 6.04. The molecule has 0 saturated carbocycles. The van der Waals surface area contributed by atoms with E-state index in [4.69, 9.17) is 0 Å². The predicted molar refractivity (Wildman–Crippen MR) is 106 cm³/mol. The maximum atomic E-state index is 13.0. The third-order valence-electron chi connectivity index (χ3n) is 5.85. The van der Waals surface area contributed by atoms with Crippen LogP contribution in [-0.2, 0) is 5.21 Å². The van der Waals surface area contributed by atoms with Crippen molar-refractivity contribution < 1.29 is 14.5 Å². The van der Waals surface area contributed by atoms with E-state index < -0.39 is 11.1 Å². The first-order chi connectivity index (χ1) is 12.4. The Labute approximate surface area is 161 Å². The molecule has 0 fully saturated rings. The van der Waals surface area contributed by atoms with Crippen molar-refractivity contribution in [1.82, 2.24) is 9.55 Å². The molecule has 0 unspecified atom stereocenters. The van der Waals surface area contributed by atoms with Crippen LogP contribution in [0.1, 0.15) is 33.3 Å². The van der Waals surface area contributed by atoms with Gasteiger partial charge in [0.2, 0.25) is 5.69 Å². The molecule has 27 heavy (non-hydrogen) atoms. The molecule has 6 nitrogen and oxygen atoms in total. The van der Waals surface area contributed by atoms with Crippen LogP contribution in [0.15, 0.2) is 48.8 Å². The Bertz CT molecular complexity index is 896. The molecule has 1 aliphatic heterocycles. The number of pyridine rings is 1. The van der Waals surface area contributed by atoms with Crippen LogP contribution in [0.2, 0.25) is 0 Å². The highest BCUT2D eigenvalue weighted by Gasteiger charge is 2.60. The van der Waals surface area contributed by atoms with Crippen LogP contribution < -0.4 is 9.05 Å². The Morgan fingerprint density at radius 3 is 2.07 bits per heavy atom. The van der Waals surface area contributed by atoms with Gasteiger partial charge in [-0.1, -0.05) is 11.1 Å². The molecule has 6 heteroatoms. The van der Waals surface area contributed by atoms with Crippen LogP contribution in [0, 0.1) is 5.21 Å². The monoisotopic (exact) mass is 369 g/mol. The fourth-order valence-corrected chi connectivity index (χ4v) is 3.34. The van der Waals surface area contributed by atoms with Crippen LogP contribution in [0.4, 0.5) is 5.69 Å². The van der Waals surface area contributed by atoms with Crippen molar-refractivity contribution in [3.8, 4) is 5.69 Å². The van der Waals surface area contributed by atoms with Gasteiger partial charge in [-0.2, -0.15) is 4.57 Å². The van der Waals surface area contributed by atoms with Crippen LogP contribution in [0.3, 0.4) is 0 Å². The topological polar surface area (TPSA) is 53.1 Å². The minimum Gasteiger partial charge on any atom is -0.714 e. The van der Waals surface area contributed by atoms with E-state index in [1.54, 1.807) is 0 Å². The van der Waals surface area contributed by atoms with Crippen molar-refractivity contribution in [3.63, 3.8) is 0 Å². The molecule has 0 spiro atoms. The maximum absolute atomic E-state index is 13.0. The molecule has 0 N–H and O–H groups in total. The Morgan fingerprint density at radius 1 is 1.00 bits per heavy atom. The molecule has 2 heterocycles. The average Bonchev–Trinajstić information content (AvgIpc) is 2.72. The largest absolute Gasteiger partial charge is 0.714 e. The highest BCUT2D eigenvalue weighted by atomic mass is 16.5. The lowest BCUT2D eigenvalue weighted by atomic mass is 9.84. The second-order valence-corrected chi connectivity index (χ2v) is 9.03. The highest BCUT2D eigenvalue weighted by molar-refractivity contribution is 5.97. The molecule has 1 aromatic heterocycles. The number of rotatable bonds is 3. The van der Waals surface area contributed by atoms with E-state index >= 15 is 0 Å². The molecular weight excluding hydrogens is 340 g/mol. The Hall–Kier alpha value is -2.44. The van der Waals surface area contributed by atoms with Gasteiger partial charge in [0.25, 0.3) is 5.69 Å². The predicted octanol–water partition coefficient (Wildman–Crippen LogP) is 2.64. The van der Waals surface area contributed by atoms with Crippen LogP contribution in [0.5, 0.6) is 0 Å². The third kappa shape index (κ3) is 2.89. The van der Waals surface area contributed by atoms with Gasteiger partial charge in [-0.3, -0.25) is 9.22 Å². The number of nitrogens with zero attached hydrogens (tertiary/aromatic N) is 4. The number of aromatic nitrogens is 1. The minimum absolute atomic E-state index is 0.163. The van der Waals surface area contributed by atoms with Gasteiger partial charge in [0.05, 0.1) is 26.7 Å². The number of amidine groups is 1. The number of hydrogen-bond donors (Lipinski definition) is 0. The molecule has 0 bridgehead atoms. The van der Waals surface area contributed by atoms with E-state index in [0.717, 1.165) is 21.2 Å². The third-order valence-corrected chi connectivity index (χ3v) is 5.85. The van der Waals surface area contributed by atoms with Crippen LogP contribution in [-0.4, -0.2) is 47.9 Å². The lowest BCUT2D eigenvalue weighted by Gasteiger charge is -2.32. The van der Waals surface area contributed by atoms with Crippen molar-refractivity contribution in [2.45, 2.75) is 38.8 Å². The van der Waals surface area contributed by atoms with Gasteiger partial charge < -0.3 is 5.21 Å². The van der Waals surface area contributed by atoms with Gasteiger partial charge in [-0.05, 0) is 33.8 Å². The molecule has 0 aliphatic carbocycles. The van der Waals surface area contributed by atoms with Gasteiger partial charge >= 0.3 is 5.84 Å². The number of benzene rings is 1. The Balaban J connectivity index is 2.24. The summed E-state index contributed by atoms with van der Waals surface area (Å²) in [7, 11) is 6.28. The van der Waals surface area contributed by atoms with E-state index in [0.29, 0.717) is 10.0 Å². The average molecular weight is 369 g/mol. The summed E-state index contributed by atoms with van der Waals surface area (Å²) in [4.78, 5) is 0. The summed E-state index contributed by atoms with van der Waals surface area (Å²) in [5.41, 5.74) is 0.993. The molecule has 0 atom stereocenters. The van der Waals surface area contributed by atoms with Gasteiger partial charge in [0.15, 0.2) is 17.9 Å². The fraction of sp³-hybridized carbons (Fsp3) is 0.429. The number of quaternary nitrogens is 1. The molecule has 1 aliphatic rings. The summed E-state index contributed by atoms with van der Waals surface area (Å²) < 4.78 is 3.49. The first-order valence-electron chi connectivity index (χ1n) is 9.14. The Kier molecular flexibility index (Phi) is 4.32. The molecule has 1 aromatic carbocycles. The molecule has 143 valence electrons. The van der Waals surface area contributed by atoms with Crippen molar-refractivity contribution in [3.05, 3.63) is 59.6 Å². The minimum atomic E-state index is -0.830. The number of hydrogen-bond acceptors (Lipinski definition) is 2. The zero-order chi connectivity index (χ0) is 20.2. The van der Waals surface area contributed by atoms with Gasteiger partial charge in [-0.25, -0.2) is 0 Å². The van der Waals surface area contributed by atoms with Crippen molar-refractivity contribution in [1.29, 1.82) is 0 Å². The summed E-state index contributed by atoms with van der Waals surface area (Å²) in [6.45, 7) is 7.24. The summed E-state index contributed by atoms with van der Waals surface area (Å²) >= 11 is 0. The first-order valence-corrected chi connectivity index (χ1v) is 9.14. The van der Waals surface area contributed by atoms with Crippen molar-refractivity contribution in [2.75, 3.05) is 21.1 Å². The molecule has 0 amide bonds. The molecule has 2 aromatic rings. The normalized spacial score (nSPS) is 18.9. The Morgan fingerprint density at radius 2 is 1.59 bits per heavy atom. The molecule has 1 radical (unpaired) electrons. The summed E-state index contributed by atoms with van der Waals surface area (Å²) in [6, 6.07) is 11.7. The summed E-state index contributed by atoms with van der Waals surface area (Å²) in [5, 5.41) is 26.9. The van der Waals surface area contributed by atoms with E-state index in [2.05, 4.69) is 21.1 Å². The van der Waals surface area contributed by atoms with Gasteiger partial charge in [0.1, 0.15) is 5.54 Å². The van der Waals surface area contributed by atoms with E-state index in [-0.39, 0.29) is 5.84 Å². The zero-order valence-electron chi connectivity index (χ0n) is 17.2. The zero-order valence-corrected chi connectivity index (χ0v) is 17.2. The summed E-state index contributed by atoms with van der Waals surface area (Å²) in [6.07, 6.45) is 3.94. The van der Waals surface area contributed by atoms with Crippen LogP contribution >= 0.6 is 0 Å². The molecule has 0 saturated heterocycles. The SMILES string of the molecule is CC1(C)N([O])C(c2ccc([N+](C)(C)C)c(-[n+]3ccccc3)c2)=[N+]([O-])C1(C)C. The maximum Gasteiger partial charge on any atom is 0.317 e. The van der Waals surface area contributed by atoms with Crippen molar-refractivity contribution >= 4 is 11.5 Å². The van der Waals surface area contributed by atoms with Crippen molar-refractivity contribution in [2.24, 2.45) is 0 Å². The standard InChI is InChI=1S/C21H29N4O2/c1-20(2)21(3,4)24(27)19(23(20)26)16-11-12-18(25(5,6)7)17(15-16)22-13-9-8-10-14-22/h8-15H,1-7H3/q+2. The van der Waals surface area contributed by atoms with Gasteiger partial charge in [-0.15, -0.1) is 0 Å². The van der Waals surface area contributed by atoms with Gasteiger partial charge in [0, 0.05) is 29.5 Å². The van der Waals surface area contributed by atoms with Crippen LogP contribution in [0.25, 0.3) is 5.69 Å².